The summed E-state index contributed by atoms with van der Waals surface area (Å²) >= 11 is 0. The fourth-order valence-corrected chi connectivity index (χ4v) is 3.43. The number of rotatable bonds is 1. The minimum atomic E-state index is -0.226. The molecule has 4 nitrogen and oxygen atoms in total. The highest BCUT2D eigenvalue weighted by Crippen LogP contribution is 2.30. The monoisotopic (exact) mass is 222 g/mol. The van der Waals surface area contributed by atoms with Gasteiger partial charge in [-0.2, -0.15) is 0 Å². The molecule has 3 aliphatic heterocycles. The smallest absolute Gasteiger partial charge is 0.290 e. The molecule has 0 aromatic heterocycles. The molecule has 3 saturated heterocycles. The van der Waals surface area contributed by atoms with E-state index < -0.39 is 0 Å². The molecule has 0 aliphatic carbocycles. The summed E-state index contributed by atoms with van der Waals surface area (Å²) in [6, 6.07) is 1.00. The molecule has 0 spiro atoms. The predicted molar refractivity (Wildman–Crippen MR) is 59.0 cm³/mol. The second-order valence-corrected chi connectivity index (χ2v) is 5.18. The van der Waals surface area contributed by atoms with Gasteiger partial charge in [-0.05, 0) is 32.2 Å². The first-order valence-electron chi connectivity index (χ1n) is 6.33. The van der Waals surface area contributed by atoms with Crippen LogP contribution in [0.3, 0.4) is 0 Å². The number of amides is 1. The van der Waals surface area contributed by atoms with Crippen LogP contribution in [-0.2, 0) is 9.59 Å². The maximum atomic E-state index is 11.7. The molecular formula is C12H18N2O2. The van der Waals surface area contributed by atoms with Gasteiger partial charge in [-0.3, -0.25) is 9.59 Å². The molecule has 1 amide bonds. The van der Waals surface area contributed by atoms with Gasteiger partial charge in [-0.25, -0.2) is 0 Å². The number of likely N-dealkylation sites (tertiary alicyclic amines) is 1. The van der Waals surface area contributed by atoms with Crippen LogP contribution in [0.15, 0.2) is 0 Å². The van der Waals surface area contributed by atoms with E-state index in [9.17, 15) is 9.59 Å². The summed E-state index contributed by atoms with van der Waals surface area (Å²) in [4.78, 5) is 27.3. The summed E-state index contributed by atoms with van der Waals surface area (Å²) in [5, 5.41) is 0. The van der Waals surface area contributed by atoms with Gasteiger partial charge in [-0.1, -0.05) is 0 Å². The van der Waals surface area contributed by atoms with Crippen molar-refractivity contribution < 1.29 is 9.59 Å². The molecular weight excluding hydrogens is 204 g/mol. The summed E-state index contributed by atoms with van der Waals surface area (Å²) in [7, 11) is 0. The van der Waals surface area contributed by atoms with Gasteiger partial charge in [0.1, 0.15) is 0 Å². The highest BCUT2D eigenvalue weighted by atomic mass is 16.2. The van der Waals surface area contributed by atoms with Crippen molar-refractivity contribution in [3.05, 3.63) is 0 Å². The van der Waals surface area contributed by atoms with Crippen molar-refractivity contribution in [3.8, 4) is 0 Å². The molecule has 3 fully saturated rings. The number of hydrogen-bond acceptors (Lipinski definition) is 3. The Hall–Kier alpha value is -0.900. The summed E-state index contributed by atoms with van der Waals surface area (Å²) < 4.78 is 0. The van der Waals surface area contributed by atoms with Gasteiger partial charge in [0.25, 0.3) is 5.91 Å². The maximum Gasteiger partial charge on any atom is 0.290 e. The van der Waals surface area contributed by atoms with Crippen LogP contribution in [0, 0.1) is 0 Å². The molecule has 0 bridgehead atoms. The van der Waals surface area contributed by atoms with E-state index in [1.807, 2.05) is 4.90 Å². The van der Waals surface area contributed by atoms with Crippen molar-refractivity contribution >= 4 is 11.7 Å². The maximum absolute atomic E-state index is 11.7. The molecule has 3 heterocycles. The minimum Gasteiger partial charge on any atom is -0.333 e. The highest BCUT2D eigenvalue weighted by molar-refractivity contribution is 6.37. The lowest BCUT2D eigenvalue weighted by atomic mass is 9.96. The van der Waals surface area contributed by atoms with Crippen molar-refractivity contribution in [1.29, 1.82) is 0 Å². The summed E-state index contributed by atoms with van der Waals surface area (Å²) in [5.74, 6) is -0.412. The average molecular weight is 222 g/mol. The Labute approximate surface area is 95.6 Å². The summed E-state index contributed by atoms with van der Waals surface area (Å²) in [5.41, 5.74) is 0. The van der Waals surface area contributed by atoms with Crippen LogP contribution in [0.4, 0.5) is 0 Å². The topological polar surface area (TPSA) is 40.6 Å². The zero-order valence-electron chi connectivity index (χ0n) is 9.52. The number of Topliss-reactive ketones (excluding diaryl/α,β-unsaturated/α-hetero) is 1. The number of fused-ring (bicyclic) bond motifs is 1. The Kier molecular flexibility index (Phi) is 2.46. The first-order valence-corrected chi connectivity index (χ1v) is 6.33. The SMILES string of the molecule is O=C1CCN(C2CCN3CCCC3C2)C1=O. The third kappa shape index (κ3) is 1.56. The Bertz CT molecular complexity index is 329. The standard InChI is InChI=1S/C12H18N2O2/c15-11-4-7-14(12(11)16)10-3-6-13-5-1-2-9(13)8-10/h9-10H,1-8H2. The molecule has 0 saturated carbocycles. The van der Waals surface area contributed by atoms with Crippen LogP contribution < -0.4 is 0 Å². The summed E-state index contributed by atoms with van der Waals surface area (Å²) in [6.07, 6.45) is 5.13. The van der Waals surface area contributed by atoms with E-state index in [1.165, 1.54) is 19.4 Å². The fraction of sp³-hybridized carbons (Fsp3) is 0.833. The molecule has 3 rings (SSSR count). The third-order valence-electron chi connectivity index (χ3n) is 4.31. The van der Waals surface area contributed by atoms with E-state index in [0.717, 1.165) is 19.4 Å². The van der Waals surface area contributed by atoms with Crippen LogP contribution in [0.5, 0.6) is 0 Å². The van der Waals surface area contributed by atoms with Gasteiger partial charge in [0.2, 0.25) is 5.78 Å². The molecule has 4 heteroatoms. The lowest BCUT2D eigenvalue weighted by molar-refractivity contribution is -0.141. The number of carbonyl (C=O) groups excluding carboxylic acids is 2. The van der Waals surface area contributed by atoms with Crippen molar-refractivity contribution in [2.75, 3.05) is 19.6 Å². The van der Waals surface area contributed by atoms with Crippen molar-refractivity contribution in [2.45, 2.75) is 44.2 Å². The zero-order valence-corrected chi connectivity index (χ0v) is 9.52. The molecule has 0 N–H and O–H groups in total. The predicted octanol–water partition coefficient (Wildman–Crippen LogP) is 0.415. The highest BCUT2D eigenvalue weighted by Gasteiger charge is 2.39. The van der Waals surface area contributed by atoms with Gasteiger partial charge in [-0.15, -0.1) is 0 Å². The quantitative estimate of drug-likeness (QED) is 0.604. The van der Waals surface area contributed by atoms with E-state index in [0.29, 0.717) is 25.0 Å². The molecule has 0 aromatic rings. The van der Waals surface area contributed by atoms with Crippen LogP contribution in [0.25, 0.3) is 0 Å². The molecule has 0 radical (unpaired) electrons. The summed E-state index contributed by atoms with van der Waals surface area (Å²) in [6.45, 7) is 2.99. The Balaban J connectivity index is 1.68. The largest absolute Gasteiger partial charge is 0.333 e. The lowest BCUT2D eigenvalue weighted by Crippen LogP contribution is -2.48. The van der Waals surface area contributed by atoms with Crippen LogP contribution in [0.2, 0.25) is 0 Å². The first kappa shape index (κ1) is 10.3. The first-order chi connectivity index (χ1) is 7.75. The third-order valence-corrected chi connectivity index (χ3v) is 4.31. The minimum absolute atomic E-state index is 0.186. The molecule has 2 atom stereocenters. The molecule has 2 unspecified atom stereocenters. The molecule has 3 aliphatic rings. The van der Waals surface area contributed by atoms with Crippen LogP contribution >= 0.6 is 0 Å². The fourth-order valence-electron chi connectivity index (χ4n) is 3.43. The molecule has 0 aromatic carbocycles. The molecule has 88 valence electrons. The Morgan fingerprint density at radius 1 is 1.00 bits per heavy atom. The van der Waals surface area contributed by atoms with Crippen molar-refractivity contribution in [1.82, 2.24) is 9.80 Å². The lowest BCUT2D eigenvalue weighted by Gasteiger charge is -2.38. The van der Waals surface area contributed by atoms with Crippen LogP contribution in [0.1, 0.15) is 32.1 Å². The average Bonchev–Trinajstić information content (AvgIpc) is 2.86. The number of hydrogen-bond donors (Lipinski definition) is 0. The van der Waals surface area contributed by atoms with E-state index in [4.69, 9.17) is 0 Å². The second kappa shape index (κ2) is 3.84. The van der Waals surface area contributed by atoms with Crippen molar-refractivity contribution in [3.63, 3.8) is 0 Å². The van der Waals surface area contributed by atoms with Crippen LogP contribution in [-0.4, -0.2) is 53.2 Å². The molecule has 16 heavy (non-hydrogen) atoms. The van der Waals surface area contributed by atoms with Gasteiger partial charge in [0.05, 0.1) is 0 Å². The number of piperidine rings is 1. The normalized spacial score (nSPS) is 35.9. The van der Waals surface area contributed by atoms with E-state index >= 15 is 0 Å². The second-order valence-electron chi connectivity index (χ2n) is 5.18. The van der Waals surface area contributed by atoms with Gasteiger partial charge in [0.15, 0.2) is 0 Å². The zero-order chi connectivity index (χ0) is 11.1. The Morgan fingerprint density at radius 3 is 2.62 bits per heavy atom. The number of ketones is 1. The number of nitrogens with zero attached hydrogens (tertiary/aromatic N) is 2. The van der Waals surface area contributed by atoms with Gasteiger partial charge < -0.3 is 9.80 Å². The number of carbonyl (C=O) groups is 2. The van der Waals surface area contributed by atoms with Gasteiger partial charge in [0, 0.05) is 31.6 Å². The van der Waals surface area contributed by atoms with E-state index in [-0.39, 0.29) is 11.7 Å². The van der Waals surface area contributed by atoms with E-state index in [1.54, 1.807) is 0 Å². The Morgan fingerprint density at radius 2 is 1.88 bits per heavy atom. The van der Waals surface area contributed by atoms with Gasteiger partial charge >= 0.3 is 0 Å². The van der Waals surface area contributed by atoms with Crippen molar-refractivity contribution in [2.24, 2.45) is 0 Å². The van der Waals surface area contributed by atoms with E-state index in [2.05, 4.69) is 4.90 Å².